The number of rotatable bonds is 4. The van der Waals surface area contributed by atoms with Crippen molar-refractivity contribution < 1.29 is 9.59 Å². The van der Waals surface area contributed by atoms with Crippen molar-refractivity contribution in [2.45, 2.75) is 38.6 Å². The van der Waals surface area contributed by atoms with E-state index in [1.165, 1.54) is 0 Å². The van der Waals surface area contributed by atoms with Gasteiger partial charge in [-0.1, -0.05) is 29.5 Å². The van der Waals surface area contributed by atoms with Gasteiger partial charge in [0.05, 0.1) is 0 Å². The highest BCUT2D eigenvalue weighted by Gasteiger charge is 2.29. The van der Waals surface area contributed by atoms with E-state index in [9.17, 15) is 9.59 Å². The number of amides is 2. The summed E-state index contributed by atoms with van der Waals surface area (Å²) in [6, 6.07) is -0.416. The fourth-order valence-corrected chi connectivity index (χ4v) is 3.00. The molecule has 1 rings (SSSR count). The van der Waals surface area contributed by atoms with E-state index in [2.05, 4.69) is 22.6 Å². The first-order chi connectivity index (χ1) is 7.60. The highest BCUT2D eigenvalue weighted by molar-refractivity contribution is 14.1. The van der Waals surface area contributed by atoms with Crippen LogP contribution >= 0.6 is 22.6 Å². The summed E-state index contributed by atoms with van der Waals surface area (Å²) in [4.78, 5) is 24.8. The summed E-state index contributed by atoms with van der Waals surface area (Å²) < 4.78 is 1.08. The van der Waals surface area contributed by atoms with Gasteiger partial charge in [-0.05, 0) is 25.2 Å². The molecule has 2 atom stereocenters. The van der Waals surface area contributed by atoms with Crippen LogP contribution in [0.15, 0.2) is 0 Å². The summed E-state index contributed by atoms with van der Waals surface area (Å²) >= 11 is 2.36. The fraction of sp³-hybridized carbons (Fsp3) is 0.818. The maximum Gasteiger partial charge on any atom is 0.240 e. The van der Waals surface area contributed by atoms with Crippen LogP contribution in [0.1, 0.15) is 32.6 Å². The molecule has 92 valence electrons. The zero-order valence-electron chi connectivity index (χ0n) is 9.62. The Hall–Kier alpha value is -0.330. The molecule has 2 amide bonds. The van der Waals surface area contributed by atoms with Crippen LogP contribution in [0.4, 0.5) is 0 Å². The standard InChI is InChI=1S/C11H19IN2O2/c1-2-9(11(13)16)14-6-5-8(7-12)3-4-10(14)15/h8-9H,2-7H2,1H3,(H2,13,16). The van der Waals surface area contributed by atoms with Crippen molar-refractivity contribution in [1.29, 1.82) is 0 Å². The molecule has 5 heteroatoms. The van der Waals surface area contributed by atoms with E-state index in [1.54, 1.807) is 4.90 Å². The molecule has 0 aromatic heterocycles. The lowest BCUT2D eigenvalue weighted by Gasteiger charge is -2.27. The monoisotopic (exact) mass is 338 g/mol. The van der Waals surface area contributed by atoms with Crippen LogP contribution in [-0.2, 0) is 9.59 Å². The quantitative estimate of drug-likeness (QED) is 0.621. The molecule has 4 nitrogen and oxygen atoms in total. The van der Waals surface area contributed by atoms with Gasteiger partial charge in [-0.15, -0.1) is 0 Å². The van der Waals surface area contributed by atoms with Crippen LogP contribution < -0.4 is 5.73 Å². The molecule has 1 aliphatic heterocycles. The van der Waals surface area contributed by atoms with Crippen molar-refractivity contribution in [3.63, 3.8) is 0 Å². The summed E-state index contributed by atoms with van der Waals surface area (Å²) in [5, 5.41) is 0. The predicted molar refractivity (Wildman–Crippen MR) is 71.2 cm³/mol. The van der Waals surface area contributed by atoms with Crippen molar-refractivity contribution in [1.82, 2.24) is 4.90 Å². The van der Waals surface area contributed by atoms with E-state index < -0.39 is 6.04 Å². The lowest BCUT2D eigenvalue weighted by atomic mass is 10.0. The Labute approximate surface area is 110 Å². The van der Waals surface area contributed by atoms with Crippen molar-refractivity contribution >= 4 is 34.4 Å². The normalized spacial score (nSPS) is 24.0. The Morgan fingerprint density at radius 2 is 2.31 bits per heavy atom. The van der Waals surface area contributed by atoms with Crippen molar-refractivity contribution in [3.8, 4) is 0 Å². The second-order valence-electron chi connectivity index (χ2n) is 4.26. The zero-order valence-corrected chi connectivity index (χ0v) is 11.8. The maximum atomic E-state index is 11.9. The van der Waals surface area contributed by atoms with Crippen LogP contribution in [0.5, 0.6) is 0 Å². The van der Waals surface area contributed by atoms with E-state index in [4.69, 9.17) is 5.73 Å². The van der Waals surface area contributed by atoms with E-state index >= 15 is 0 Å². The first kappa shape index (κ1) is 13.7. The van der Waals surface area contributed by atoms with Crippen LogP contribution in [0.2, 0.25) is 0 Å². The number of nitrogens with zero attached hydrogens (tertiary/aromatic N) is 1. The summed E-state index contributed by atoms with van der Waals surface area (Å²) in [6.45, 7) is 2.57. The van der Waals surface area contributed by atoms with E-state index in [1.807, 2.05) is 6.92 Å². The van der Waals surface area contributed by atoms with Crippen LogP contribution in [0.25, 0.3) is 0 Å². The maximum absolute atomic E-state index is 11.9. The third-order valence-electron chi connectivity index (χ3n) is 3.17. The van der Waals surface area contributed by atoms with Crippen LogP contribution in [0, 0.1) is 5.92 Å². The molecule has 0 radical (unpaired) electrons. The highest BCUT2D eigenvalue weighted by Crippen LogP contribution is 2.22. The summed E-state index contributed by atoms with van der Waals surface area (Å²) in [5.74, 6) is 0.293. The SMILES string of the molecule is CCC(C(N)=O)N1CCC(CI)CCC1=O. The first-order valence-corrected chi connectivity index (χ1v) is 7.27. The van der Waals surface area contributed by atoms with Crippen molar-refractivity contribution in [2.75, 3.05) is 11.0 Å². The smallest absolute Gasteiger partial charge is 0.240 e. The molecule has 1 heterocycles. The molecule has 2 N–H and O–H groups in total. The number of carbonyl (C=O) groups is 2. The fourth-order valence-electron chi connectivity index (χ4n) is 2.12. The molecule has 1 aliphatic rings. The minimum Gasteiger partial charge on any atom is -0.368 e. The minimum absolute atomic E-state index is 0.0815. The minimum atomic E-state index is -0.416. The molecule has 16 heavy (non-hydrogen) atoms. The molecule has 1 fully saturated rings. The largest absolute Gasteiger partial charge is 0.368 e. The summed E-state index contributed by atoms with van der Waals surface area (Å²) in [5.41, 5.74) is 5.32. The van der Waals surface area contributed by atoms with Gasteiger partial charge >= 0.3 is 0 Å². The summed E-state index contributed by atoms with van der Waals surface area (Å²) in [7, 11) is 0. The molecule has 0 aliphatic carbocycles. The third-order valence-corrected chi connectivity index (χ3v) is 4.42. The van der Waals surface area contributed by atoms with Crippen LogP contribution in [-0.4, -0.2) is 33.7 Å². The highest BCUT2D eigenvalue weighted by atomic mass is 127. The Kier molecular flexibility index (Phi) is 5.51. The Morgan fingerprint density at radius 3 is 2.81 bits per heavy atom. The van der Waals surface area contributed by atoms with Gasteiger partial charge in [0.2, 0.25) is 11.8 Å². The predicted octanol–water partition coefficient (Wildman–Crippen LogP) is 1.31. The average Bonchev–Trinajstić information content (AvgIpc) is 2.43. The van der Waals surface area contributed by atoms with Crippen molar-refractivity contribution in [2.24, 2.45) is 11.7 Å². The lowest BCUT2D eigenvalue weighted by molar-refractivity contribution is -0.139. The number of hydrogen-bond acceptors (Lipinski definition) is 2. The Balaban J connectivity index is 2.71. The topological polar surface area (TPSA) is 63.4 Å². The molecule has 0 saturated carbocycles. The van der Waals surface area contributed by atoms with Gasteiger partial charge in [-0.3, -0.25) is 9.59 Å². The third kappa shape index (κ3) is 3.33. The molecule has 0 spiro atoms. The summed E-state index contributed by atoms with van der Waals surface area (Å²) in [6.07, 6.45) is 3.08. The molecular weight excluding hydrogens is 319 g/mol. The number of primary amides is 1. The molecule has 2 unspecified atom stereocenters. The molecule has 0 bridgehead atoms. The number of carbonyl (C=O) groups excluding carboxylic acids is 2. The second kappa shape index (κ2) is 6.42. The Morgan fingerprint density at radius 1 is 1.62 bits per heavy atom. The molecular formula is C11H19IN2O2. The second-order valence-corrected chi connectivity index (χ2v) is 5.14. The first-order valence-electron chi connectivity index (χ1n) is 5.74. The van der Waals surface area contributed by atoms with Gasteiger partial charge in [0.1, 0.15) is 6.04 Å². The van der Waals surface area contributed by atoms with E-state index in [-0.39, 0.29) is 11.8 Å². The van der Waals surface area contributed by atoms with Gasteiger partial charge in [0, 0.05) is 17.4 Å². The van der Waals surface area contributed by atoms with Crippen molar-refractivity contribution in [3.05, 3.63) is 0 Å². The number of hydrogen-bond donors (Lipinski definition) is 1. The number of alkyl halides is 1. The van der Waals surface area contributed by atoms with Gasteiger partial charge in [-0.25, -0.2) is 0 Å². The Bertz CT molecular complexity index is 271. The molecule has 1 saturated heterocycles. The van der Waals surface area contributed by atoms with E-state index in [0.29, 0.717) is 25.3 Å². The number of nitrogens with two attached hydrogens (primary N) is 1. The van der Waals surface area contributed by atoms with Gasteiger partial charge in [-0.2, -0.15) is 0 Å². The molecule has 0 aromatic rings. The zero-order chi connectivity index (χ0) is 12.1. The van der Waals surface area contributed by atoms with Crippen LogP contribution in [0.3, 0.4) is 0 Å². The molecule has 0 aromatic carbocycles. The van der Waals surface area contributed by atoms with E-state index in [0.717, 1.165) is 17.3 Å². The van der Waals surface area contributed by atoms with Gasteiger partial charge in [0.25, 0.3) is 0 Å². The average molecular weight is 338 g/mol. The number of halogens is 1. The number of likely N-dealkylation sites (tertiary alicyclic amines) is 1. The van der Waals surface area contributed by atoms with Gasteiger partial charge in [0.15, 0.2) is 0 Å². The van der Waals surface area contributed by atoms with Gasteiger partial charge < -0.3 is 10.6 Å². The lowest BCUT2D eigenvalue weighted by Crippen LogP contribution is -2.47.